The molecule has 1 unspecified atom stereocenters. The predicted molar refractivity (Wildman–Crippen MR) is 71.7 cm³/mol. The summed E-state index contributed by atoms with van der Waals surface area (Å²) in [5.74, 6) is -1.56. The van der Waals surface area contributed by atoms with Crippen molar-refractivity contribution in [3.05, 3.63) is 64.5 Å². The highest BCUT2D eigenvalue weighted by atomic mass is 35.5. The monoisotopic (exact) mass is 300 g/mol. The third kappa shape index (κ3) is 2.75. The second-order valence-electron chi connectivity index (χ2n) is 4.37. The SMILES string of the molecule is COc1ccc(C(Cl)c2cc(F)c(C)cc2F)c(F)c1. The van der Waals surface area contributed by atoms with Gasteiger partial charge >= 0.3 is 0 Å². The summed E-state index contributed by atoms with van der Waals surface area (Å²) in [6.07, 6.45) is 0. The van der Waals surface area contributed by atoms with Crippen LogP contribution >= 0.6 is 11.6 Å². The quantitative estimate of drug-likeness (QED) is 0.743. The molecule has 0 aromatic heterocycles. The number of hydrogen-bond donors (Lipinski definition) is 0. The zero-order valence-corrected chi connectivity index (χ0v) is 11.6. The van der Waals surface area contributed by atoms with E-state index in [1.54, 1.807) is 0 Å². The van der Waals surface area contributed by atoms with Crippen LogP contribution in [0, 0.1) is 24.4 Å². The third-order valence-corrected chi connectivity index (χ3v) is 3.50. The zero-order valence-electron chi connectivity index (χ0n) is 10.9. The van der Waals surface area contributed by atoms with E-state index in [0.717, 1.165) is 18.2 Å². The molecule has 0 aliphatic carbocycles. The molecule has 0 heterocycles. The number of alkyl halides is 1. The summed E-state index contributed by atoms with van der Waals surface area (Å²) in [4.78, 5) is 0. The van der Waals surface area contributed by atoms with Crippen molar-refractivity contribution in [2.75, 3.05) is 7.11 Å². The van der Waals surface area contributed by atoms with Crippen LogP contribution in [-0.2, 0) is 0 Å². The zero-order chi connectivity index (χ0) is 14.9. The molecule has 0 amide bonds. The second-order valence-corrected chi connectivity index (χ2v) is 4.81. The number of benzene rings is 2. The molecule has 2 rings (SSSR count). The molecule has 0 radical (unpaired) electrons. The molecular formula is C15H12ClF3O. The molecule has 0 spiro atoms. The van der Waals surface area contributed by atoms with E-state index in [-0.39, 0.29) is 16.7 Å². The van der Waals surface area contributed by atoms with Crippen molar-refractivity contribution >= 4 is 11.6 Å². The van der Waals surface area contributed by atoms with E-state index in [9.17, 15) is 13.2 Å². The first kappa shape index (κ1) is 14.7. The fourth-order valence-electron chi connectivity index (χ4n) is 1.86. The van der Waals surface area contributed by atoms with Gasteiger partial charge in [0.15, 0.2) is 0 Å². The first-order valence-electron chi connectivity index (χ1n) is 5.87. The van der Waals surface area contributed by atoms with Crippen molar-refractivity contribution in [3.8, 4) is 5.75 Å². The van der Waals surface area contributed by atoms with Crippen LogP contribution in [0.5, 0.6) is 5.75 Å². The molecule has 5 heteroatoms. The molecule has 0 aliphatic heterocycles. The minimum Gasteiger partial charge on any atom is -0.497 e. The molecule has 20 heavy (non-hydrogen) atoms. The summed E-state index contributed by atoms with van der Waals surface area (Å²) in [6, 6.07) is 6.08. The summed E-state index contributed by atoms with van der Waals surface area (Å²) in [6.45, 7) is 1.44. The fraction of sp³-hybridized carbons (Fsp3) is 0.200. The molecular weight excluding hydrogens is 289 g/mol. The molecule has 0 fully saturated rings. The minimum atomic E-state index is -1.11. The van der Waals surface area contributed by atoms with Crippen molar-refractivity contribution in [2.24, 2.45) is 0 Å². The maximum Gasteiger partial charge on any atom is 0.131 e. The third-order valence-electron chi connectivity index (χ3n) is 3.03. The van der Waals surface area contributed by atoms with Crippen LogP contribution in [0.4, 0.5) is 13.2 Å². The number of ether oxygens (including phenoxy) is 1. The van der Waals surface area contributed by atoms with Crippen LogP contribution in [0.2, 0.25) is 0 Å². The van der Waals surface area contributed by atoms with Gasteiger partial charge in [-0.1, -0.05) is 6.07 Å². The topological polar surface area (TPSA) is 9.23 Å². The maximum atomic E-state index is 13.9. The standard InChI is InChI=1S/C15H12ClF3O/c1-8-5-13(18)11(7-12(8)17)15(16)10-4-3-9(20-2)6-14(10)19/h3-7,15H,1-2H3. The molecule has 0 saturated carbocycles. The number of aryl methyl sites for hydroxylation is 1. The lowest BCUT2D eigenvalue weighted by molar-refractivity contribution is 0.410. The lowest BCUT2D eigenvalue weighted by Crippen LogP contribution is -2.02. The van der Waals surface area contributed by atoms with Gasteiger partial charge in [-0.15, -0.1) is 11.6 Å². The van der Waals surface area contributed by atoms with Gasteiger partial charge < -0.3 is 4.74 Å². The maximum absolute atomic E-state index is 13.9. The van der Waals surface area contributed by atoms with Crippen LogP contribution in [0.1, 0.15) is 22.1 Å². The Balaban J connectivity index is 2.46. The minimum absolute atomic E-state index is 0.0645. The average Bonchev–Trinajstić information content (AvgIpc) is 2.42. The Labute approximate surface area is 119 Å². The smallest absolute Gasteiger partial charge is 0.131 e. The normalized spacial score (nSPS) is 12.3. The van der Waals surface area contributed by atoms with Crippen LogP contribution < -0.4 is 4.74 Å². The van der Waals surface area contributed by atoms with E-state index in [0.29, 0.717) is 5.75 Å². The molecule has 0 aliphatic rings. The van der Waals surface area contributed by atoms with Gasteiger partial charge in [0.1, 0.15) is 23.2 Å². The van der Waals surface area contributed by atoms with E-state index in [1.807, 2.05) is 0 Å². The summed E-state index contributed by atoms with van der Waals surface area (Å²) in [5.41, 5.74) is 0.138. The van der Waals surface area contributed by atoms with E-state index in [1.165, 1.54) is 26.2 Å². The van der Waals surface area contributed by atoms with Gasteiger partial charge in [0, 0.05) is 17.2 Å². The highest BCUT2D eigenvalue weighted by Gasteiger charge is 2.20. The lowest BCUT2D eigenvalue weighted by atomic mass is 10.0. The van der Waals surface area contributed by atoms with E-state index >= 15 is 0 Å². The Bertz CT molecular complexity index is 643. The highest BCUT2D eigenvalue weighted by Crippen LogP contribution is 2.34. The van der Waals surface area contributed by atoms with E-state index in [4.69, 9.17) is 16.3 Å². The largest absolute Gasteiger partial charge is 0.497 e. The summed E-state index contributed by atoms with van der Waals surface area (Å²) in [5, 5.41) is -1.11. The Kier molecular flexibility index (Phi) is 4.23. The molecule has 2 aromatic carbocycles. The Morgan fingerprint density at radius 1 is 0.950 bits per heavy atom. The molecule has 0 bridgehead atoms. The van der Waals surface area contributed by atoms with Crippen molar-refractivity contribution < 1.29 is 17.9 Å². The first-order chi connectivity index (χ1) is 9.43. The van der Waals surface area contributed by atoms with E-state index < -0.39 is 22.8 Å². The highest BCUT2D eigenvalue weighted by molar-refractivity contribution is 6.22. The predicted octanol–water partition coefficient (Wildman–Crippen LogP) is 4.75. The van der Waals surface area contributed by atoms with Gasteiger partial charge in [0.05, 0.1) is 12.5 Å². The van der Waals surface area contributed by atoms with Crippen LogP contribution in [0.15, 0.2) is 30.3 Å². The summed E-state index contributed by atoms with van der Waals surface area (Å²) < 4.78 is 46.1. The number of halogens is 4. The second kappa shape index (κ2) is 5.75. The molecule has 106 valence electrons. The van der Waals surface area contributed by atoms with Crippen molar-refractivity contribution in [1.29, 1.82) is 0 Å². The molecule has 1 atom stereocenters. The lowest BCUT2D eigenvalue weighted by Gasteiger charge is -2.14. The number of rotatable bonds is 3. The van der Waals surface area contributed by atoms with Gasteiger partial charge in [0.2, 0.25) is 0 Å². The van der Waals surface area contributed by atoms with Gasteiger partial charge in [-0.2, -0.15) is 0 Å². The van der Waals surface area contributed by atoms with E-state index in [2.05, 4.69) is 0 Å². The van der Waals surface area contributed by atoms with Crippen molar-refractivity contribution in [1.82, 2.24) is 0 Å². The van der Waals surface area contributed by atoms with Gasteiger partial charge in [-0.25, -0.2) is 13.2 Å². The Morgan fingerprint density at radius 3 is 2.20 bits per heavy atom. The van der Waals surface area contributed by atoms with Crippen molar-refractivity contribution in [3.63, 3.8) is 0 Å². The molecule has 0 N–H and O–H groups in total. The Hall–Kier alpha value is -1.68. The van der Waals surface area contributed by atoms with Gasteiger partial charge in [0.25, 0.3) is 0 Å². The van der Waals surface area contributed by atoms with Crippen LogP contribution in [0.25, 0.3) is 0 Å². The first-order valence-corrected chi connectivity index (χ1v) is 6.30. The van der Waals surface area contributed by atoms with Crippen molar-refractivity contribution in [2.45, 2.75) is 12.3 Å². The number of hydrogen-bond acceptors (Lipinski definition) is 1. The Morgan fingerprint density at radius 2 is 1.60 bits per heavy atom. The fourth-order valence-corrected chi connectivity index (χ4v) is 2.21. The average molecular weight is 301 g/mol. The molecule has 2 aromatic rings. The molecule has 0 saturated heterocycles. The molecule has 1 nitrogen and oxygen atoms in total. The van der Waals surface area contributed by atoms with Crippen LogP contribution in [-0.4, -0.2) is 7.11 Å². The number of methoxy groups -OCH3 is 1. The van der Waals surface area contributed by atoms with Gasteiger partial charge in [-0.3, -0.25) is 0 Å². The van der Waals surface area contributed by atoms with Gasteiger partial charge in [-0.05, 0) is 30.7 Å². The summed E-state index contributed by atoms with van der Waals surface area (Å²) >= 11 is 6.07. The summed E-state index contributed by atoms with van der Waals surface area (Å²) in [7, 11) is 1.40. The van der Waals surface area contributed by atoms with Crippen LogP contribution in [0.3, 0.4) is 0 Å².